The van der Waals surface area contributed by atoms with Crippen molar-refractivity contribution in [3.8, 4) is 17.1 Å². The maximum Gasteiger partial charge on any atom is 0.258 e. The maximum atomic E-state index is 6.36. The van der Waals surface area contributed by atoms with Crippen molar-refractivity contribution in [1.29, 1.82) is 0 Å². The minimum absolute atomic E-state index is 0. The van der Waals surface area contributed by atoms with Crippen LogP contribution in [-0.4, -0.2) is 30.3 Å². The highest BCUT2D eigenvalue weighted by Crippen LogP contribution is 2.35. The predicted molar refractivity (Wildman–Crippen MR) is 84.0 cm³/mol. The lowest BCUT2D eigenvalue weighted by atomic mass is 9.99. The summed E-state index contributed by atoms with van der Waals surface area (Å²) in [6.07, 6.45) is 5.54. The summed E-state index contributed by atoms with van der Waals surface area (Å²) in [5.74, 6) is 1.05. The topological polar surface area (TPSA) is 109 Å². The van der Waals surface area contributed by atoms with Crippen LogP contribution in [0.15, 0.2) is 35.1 Å². The molecule has 0 amide bonds. The smallest absolute Gasteiger partial charge is 0.258 e. The first-order valence-corrected chi connectivity index (χ1v) is 7.21. The van der Waals surface area contributed by atoms with E-state index in [2.05, 4.69) is 25.7 Å². The number of hydrogen-bond acceptors (Lipinski definition) is 7. The maximum absolute atomic E-state index is 6.36. The van der Waals surface area contributed by atoms with Crippen LogP contribution in [0.1, 0.15) is 31.5 Å². The number of halogens is 1. The van der Waals surface area contributed by atoms with Crippen LogP contribution in [0.5, 0.6) is 0 Å². The molecule has 4 rings (SSSR count). The van der Waals surface area contributed by atoms with Crippen molar-refractivity contribution in [2.24, 2.45) is 5.73 Å². The third-order valence-electron chi connectivity index (χ3n) is 4.07. The van der Waals surface area contributed by atoms with E-state index >= 15 is 0 Å². The Morgan fingerprint density at radius 3 is 2.78 bits per heavy atom. The van der Waals surface area contributed by atoms with Crippen molar-refractivity contribution in [1.82, 2.24) is 30.3 Å². The van der Waals surface area contributed by atoms with E-state index in [1.165, 1.54) is 6.33 Å². The van der Waals surface area contributed by atoms with Crippen molar-refractivity contribution in [3.63, 3.8) is 0 Å². The highest BCUT2D eigenvalue weighted by atomic mass is 35.5. The second-order valence-electron chi connectivity index (χ2n) is 5.59. The monoisotopic (exact) mass is 333 g/mol. The molecule has 0 bridgehead atoms. The molecule has 0 atom stereocenters. The van der Waals surface area contributed by atoms with Crippen molar-refractivity contribution in [2.75, 3.05) is 0 Å². The second kappa shape index (κ2) is 6.05. The molecule has 0 aliphatic heterocycles. The predicted octanol–water partition coefficient (Wildman–Crippen LogP) is 1.86. The second-order valence-corrected chi connectivity index (χ2v) is 5.59. The Bertz CT molecular complexity index is 780. The summed E-state index contributed by atoms with van der Waals surface area (Å²) < 4.78 is 6.97. The van der Waals surface area contributed by atoms with E-state index in [1.54, 1.807) is 4.68 Å². The largest absolute Gasteiger partial charge is 0.334 e. The number of nitrogens with zero attached hydrogens (tertiary/aromatic N) is 6. The number of aromatic nitrogens is 6. The van der Waals surface area contributed by atoms with Gasteiger partial charge in [0, 0.05) is 5.56 Å². The molecule has 9 heteroatoms. The molecule has 0 unspecified atom stereocenters. The first kappa shape index (κ1) is 15.6. The molecular weight excluding hydrogens is 318 g/mol. The van der Waals surface area contributed by atoms with Crippen LogP contribution in [0.3, 0.4) is 0 Å². The third kappa shape index (κ3) is 2.82. The molecule has 8 nitrogen and oxygen atoms in total. The summed E-state index contributed by atoms with van der Waals surface area (Å²) in [5, 5.41) is 15.2. The molecule has 1 saturated carbocycles. The summed E-state index contributed by atoms with van der Waals surface area (Å²) in [6.45, 7) is 0. The van der Waals surface area contributed by atoms with Gasteiger partial charge in [0.2, 0.25) is 0 Å². The molecule has 0 radical (unpaired) electrons. The lowest BCUT2D eigenvalue weighted by Gasteiger charge is -2.17. The van der Waals surface area contributed by atoms with Crippen LogP contribution >= 0.6 is 12.4 Å². The third-order valence-corrected chi connectivity index (χ3v) is 4.07. The van der Waals surface area contributed by atoms with Crippen LogP contribution in [-0.2, 0) is 5.54 Å². The highest BCUT2D eigenvalue weighted by molar-refractivity contribution is 5.85. The fourth-order valence-corrected chi connectivity index (χ4v) is 2.83. The van der Waals surface area contributed by atoms with Crippen molar-refractivity contribution in [2.45, 2.75) is 31.2 Å². The molecule has 1 fully saturated rings. The summed E-state index contributed by atoms with van der Waals surface area (Å²) >= 11 is 0. The average molecular weight is 334 g/mol. The van der Waals surface area contributed by atoms with E-state index in [0.29, 0.717) is 11.7 Å². The van der Waals surface area contributed by atoms with Gasteiger partial charge in [-0.05, 0) is 41.5 Å². The lowest BCUT2D eigenvalue weighted by Crippen LogP contribution is -2.34. The van der Waals surface area contributed by atoms with Gasteiger partial charge < -0.3 is 10.3 Å². The minimum Gasteiger partial charge on any atom is -0.334 e. The Morgan fingerprint density at radius 1 is 1.22 bits per heavy atom. The first-order valence-electron chi connectivity index (χ1n) is 7.21. The zero-order valence-corrected chi connectivity index (χ0v) is 13.1. The van der Waals surface area contributed by atoms with Crippen LogP contribution in [0, 0.1) is 0 Å². The molecule has 1 aliphatic rings. The van der Waals surface area contributed by atoms with Gasteiger partial charge in [0.15, 0.2) is 5.82 Å². The van der Waals surface area contributed by atoms with E-state index < -0.39 is 5.54 Å². The Labute approximate surface area is 138 Å². The van der Waals surface area contributed by atoms with Crippen molar-refractivity contribution in [3.05, 3.63) is 36.4 Å². The summed E-state index contributed by atoms with van der Waals surface area (Å²) in [4.78, 5) is 4.49. The van der Waals surface area contributed by atoms with Gasteiger partial charge in [-0.15, -0.1) is 17.5 Å². The normalized spacial score (nSPS) is 16.2. The van der Waals surface area contributed by atoms with Gasteiger partial charge in [-0.25, -0.2) is 4.68 Å². The molecule has 1 aliphatic carbocycles. The quantitative estimate of drug-likeness (QED) is 0.779. The van der Waals surface area contributed by atoms with Gasteiger partial charge in [0.05, 0.1) is 11.2 Å². The van der Waals surface area contributed by atoms with Gasteiger partial charge in [-0.2, -0.15) is 4.98 Å². The SMILES string of the molecule is Cl.NC1(c2noc(-c3cccc(-n4cnnn4)c3)n2)CCCC1. The van der Waals surface area contributed by atoms with E-state index in [0.717, 1.165) is 36.9 Å². The summed E-state index contributed by atoms with van der Waals surface area (Å²) in [6, 6.07) is 7.59. The molecule has 3 aromatic rings. The van der Waals surface area contributed by atoms with Crippen LogP contribution < -0.4 is 5.73 Å². The molecular formula is C14H16ClN7O. The van der Waals surface area contributed by atoms with Crippen molar-refractivity contribution >= 4 is 12.4 Å². The van der Waals surface area contributed by atoms with E-state index in [4.69, 9.17) is 10.3 Å². The molecule has 2 aromatic heterocycles. The number of benzene rings is 1. The molecule has 2 N–H and O–H groups in total. The van der Waals surface area contributed by atoms with Gasteiger partial charge >= 0.3 is 0 Å². The van der Waals surface area contributed by atoms with Gasteiger partial charge in [0.25, 0.3) is 5.89 Å². The summed E-state index contributed by atoms with van der Waals surface area (Å²) in [7, 11) is 0. The molecule has 2 heterocycles. The zero-order valence-electron chi connectivity index (χ0n) is 12.3. The fraction of sp³-hybridized carbons (Fsp3) is 0.357. The van der Waals surface area contributed by atoms with E-state index in [9.17, 15) is 0 Å². The number of hydrogen-bond donors (Lipinski definition) is 1. The number of tetrazole rings is 1. The molecule has 120 valence electrons. The van der Waals surface area contributed by atoms with Gasteiger partial charge in [0.1, 0.15) is 6.33 Å². The average Bonchev–Trinajstić information content (AvgIpc) is 3.29. The standard InChI is InChI=1S/C14H15N7O.ClH/c15-14(6-1-2-7-14)13-17-12(22-18-13)10-4-3-5-11(8-10)21-9-16-19-20-21;/h3-5,8-9H,1-2,6-7,15H2;1H. The molecule has 0 saturated heterocycles. The van der Waals surface area contributed by atoms with Crippen molar-refractivity contribution < 1.29 is 4.52 Å². The Hall–Kier alpha value is -2.32. The zero-order chi connectivity index (χ0) is 15.0. The number of nitrogens with two attached hydrogens (primary N) is 1. The van der Waals surface area contributed by atoms with Crippen LogP contribution in [0.25, 0.3) is 17.1 Å². The Kier molecular flexibility index (Phi) is 4.10. The molecule has 23 heavy (non-hydrogen) atoms. The van der Waals surface area contributed by atoms with Gasteiger partial charge in [-0.1, -0.05) is 24.1 Å². The Balaban J connectivity index is 0.00000156. The minimum atomic E-state index is -0.449. The fourth-order valence-electron chi connectivity index (χ4n) is 2.83. The lowest BCUT2D eigenvalue weighted by molar-refractivity contribution is 0.372. The van der Waals surface area contributed by atoms with E-state index in [1.807, 2.05) is 24.3 Å². The molecule has 1 aromatic carbocycles. The van der Waals surface area contributed by atoms with Gasteiger partial charge in [-0.3, -0.25) is 0 Å². The molecule has 0 spiro atoms. The Morgan fingerprint density at radius 2 is 2.04 bits per heavy atom. The summed E-state index contributed by atoms with van der Waals surface area (Å²) in [5.41, 5.74) is 7.55. The van der Waals surface area contributed by atoms with Crippen LogP contribution in [0.4, 0.5) is 0 Å². The highest BCUT2D eigenvalue weighted by Gasteiger charge is 2.36. The van der Waals surface area contributed by atoms with Crippen LogP contribution in [0.2, 0.25) is 0 Å². The first-order chi connectivity index (χ1) is 10.7. The van der Waals surface area contributed by atoms with E-state index in [-0.39, 0.29) is 12.4 Å². The number of rotatable bonds is 3.